The molecule has 0 bridgehead atoms. The predicted octanol–water partition coefficient (Wildman–Crippen LogP) is 5.95. The number of rotatable bonds is 14. The van der Waals surface area contributed by atoms with Gasteiger partial charge in [0.25, 0.3) is 0 Å². The van der Waals surface area contributed by atoms with E-state index in [0.717, 1.165) is 22.8 Å². The predicted molar refractivity (Wildman–Crippen MR) is 151 cm³/mol. The zero-order chi connectivity index (χ0) is 28.2. The number of hydrogen-bond donors (Lipinski definition) is 2. The van der Waals surface area contributed by atoms with Crippen LogP contribution in [0.15, 0.2) is 103 Å². The summed E-state index contributed by atoms with van der Waals surface area (Å²) in [5.74, 6) is -1.22. The van der Waals surface area contributed by atoms with E-state index < -0.39 is 18.2 Å². The van der Waals surface area contributed by atoms with Crippen molar-refractivity contribution in [1.29, 1.82) is 0 Å². The Morgan fingerprint density at radius 1 is 0.675 bits per heavy atom. The minimum absolute atomic E-state index is 0.0123. The van der Waals surface area contributed by atoms with Gasteiger partial charge in [-0.15, -0.1) is 0 Å². The van der Waals surface area contributed by atoms with Gasteiger partial charge in [-0.3, -0.25) is 0 Å². The van der Waals surface area contributed by atoms with Gasteiger partial charge in [0, 0.05) is 6.07 Å². The van der Waals surface area contributed by atoms with Crippen LogP contribution in [-0.4, -0.2) is 41.6 Å². The molecule has 0 aromatic heterocycles. The summed E-state index contributed by atoms with van der Waals surface area (Å²) in [6, 6.07) is 31.8. The molecule has 2 unspecified atom stereocenters. The number of benzene rings is 4. The van der Waals surface area contributed by atoms with Crippen LogP contribution in [0.4, 0.5) is 0 Å². The number of esters is 1. The number of aromatic hydroxyl groups is 2. The van der Waals surface area contributed by atoms with Gasteiger partial charge in [0.2, 0.25) is 0 Å². The lowest BCUT2D eigenvalue weighted by molar-refractivity contribution is -0.131. The standard InChI is InChI=1S/C33H34O7/c1-24-17-28(34)18-29(35)32(24)33(36)40-23-31(39-21-27-15-9-4-10-16-27)30(38-20-26-13-7-3-8-14-26)22-37-19-25-11-5-2-6-12-25/h2-18,30-31,34-35H,19-23H2,1H3. The molecular formula is C33H34O7. The number of aryl methyl sites for hydroxylation is 1. The molecule has 4 aromatic rings. The summed E-state index contributed by atoms with van der Waals surface area (Å²) >= 11 is 0. The smallest absolute Gasteiger partial charge is 0.342 e. The van der Waals surface area contributed by atoms with Crippen LogP contribution in [0.1, 0.15) is 32.6 Å². The van der Waals surface area contributed by atoms with Gasteiger partial charge in [0.15, 0.2) is 0 Å². The highest BCUT2D eigenvalue weighted by molar-refractivity contribution is 5.94. The Kier molecular flexibility index (Phi) is 10.7. The Labute approximate surface area is 234 Å². The molecule has 0 fully saturated rings. The maximum atomic E-state index is 13.0. The summed E-state index contributed by atoms with van der Waals surface area (Å²) in [6.07, 6.45) is -1.25. The van der Waals surface area contributed by atoms with Crippen LogP contribution in [-0.2, 0) is 38.8 Å². The van der Waals surface area contributed by atoms with Gasteiger partial charge in [-0.25, -0.2) is 4.79 Å². The average Bonchev–Trinajstić information content (AvgIpc) is 2.96. The third kappa shape index (κ3) is 8.68. The Balaban J connectivity index is 1.51. The van der Waals surface area contributed by atoms with Crippen molar-refractivity contribution in [3.8, 4) is 11.5 Å². The van der Waals surface area contributed by atoms with E-state index in [9.17, 15) is 15.0 Å². The van der Waals surface area contributed by atoms with Gasteiger partial charge in [-0.05, 0) is 35.2 Å². The molecule has 0 saturated carbocycles. The molecule has 7 nitrogen and oxygen atoms in total. The third-order valence-corrected chi connectivity index (χ3v) is 6.30. The largest absolute Gasteiger partial charge is 0.508 e. The van der Waals surface area contributed by atoms with Crippen LogP contribution >= 0.6 is 0 Å². The van der Waals surface area contributed by atoms with Gasteiger partial charge in [0.05, 0.1) is 26.4 Å². The van der Waals surface area contributed by atoms with Crippen molar-refractivity contribution in [1.82, 2.24) is 0 Å². The SMILES string of the molecule is Cc1cc(O)cc(O)c1C(=O)OCC(OCc1ccccc1)C(COCc1ccccc1)OCc1ccccc1. The number of carbonyl (C=O) groups is 1. The lowest BCUT2D eigenvalue weighted by Gasteiger charge is -2.27. The Morgan fingerprint density at radius 3 is 1.65 bits per heavy atom. The highest BCUT2D eigenvalue weighted by atomic mass is 16.6. The van der Waals surface area contributed by atoms with Crippen LogP contribution in [0.3, 0.4) is 0 Å². The summed E-state index contributed by atoms with van der Waals surface area (Å²) in [6.45, 7) is 2.65. The molecule has 40 heavy (non-hydrogen) atoms. The van der Waals surface area contributed by atoms with Gasteiger partial charge in [0.1, 0.15) is 35.9 Å². The monoisotopic (exact) mass is 542 g/mol. The lowest BCUT2D eigenvalue weighted by atomic mass is 10.1. The highest BCUT2D eigenvalue weighted by Crippen LogP contribution is 2.27. The molecule has 4 aromatic carbocycles. The van der Waals surface area contributed by atoms with E-state index >= 15 is 0 Å². The van der Waals surface area contributed by atoms with Crippen LogP contribution in [0.25, 0.3) is 0 Å². The second-order valence-electron chi connectivity index (χ2n) is 9.43. The number of hydrogen-bond acceptors (Lipinski definition) is 7. The molecule has 0 heterocycles. The molecule has 4 rings (SSSR count). The molecule has 0 spiro atoms. The number of carbonyl (C=O) groups excluding carboxylic acids is 1. The first-order valence-corrected chi connectivity index (χ1v) is 13.1. The topological polar surface area (TPSA) is 94.5 Å². The van der Waals surface area contributed by atoms with E-state index in [1.54, 1.807) is 6.92 Å². The molecule has 7 heteroatoms. The van der Waals surface area contributed by atoms with Crippen LogP contribution in [0.2, 0.25) is 0 Å². The second kappa shape index (κ2) is 14.8. The van der Waals surface area contributed by atoms with E-state index in [1.165, 1.54) is 6.07 Å². The van der Waals surface area contributed by atoms with Gasteiger partial charge in [-0.2, -0.15) is 0 Å². The quantitative estimate of drug-likeness (QED) is 0.190. The fourth-order valence-corrected chi connectivity index (χ4v) is 4.19. The van der Waals surface area contributed by atoms with E-state index in [-0.39, 0.29) is 36.9 Å². The van der Waals surface area contributed by atoms with Gasteiger partial charge >= 0.3 is 5.97 Å². The number of phenols is 2. The Morgan fingerprint density at radius 2 is 1.15 bits per heavy atom. The first-order chi connectivity index (χ1) is 19.5. The molecule has 0 saturated heterocycles. The average molecular weight is 543 g/mol. The second-order valence-corrected chi connectivity index (χ2v) is 9.43. The van der Waals surface area contributed by atoms with Gasteiger partial charge < -0.3 is 29.2 Å². The van der Waals surface area contributed by atoms with Crippen molar-refractivity contribution in [3.63, 3.8) is 0 Å². The van der Waals surface area contributed by atoms with E-state index in [0.29, 0.717) is 18.8 Å². The maximum absolute atomic E-state index is 13.0. The number of phenolic OH excluding ortho intramolecular Hbond substituents is 2. The maximum Gasteiger partial charge on any atom is 0.342 e. The zero-order valence-electron chi connectivity index (χ0n) is 22.4. The van der Waals surface area contributed by atoms with Crippen molar-refractivity contribution >= 4 is 5.97 Å². The van der Waals surface area contributed by atoms with Crippen molar-refractivity contribution in [2.45, 2.75) is 39.0 Å². The summed E-state index contributed by atoms with van der Waals surface area (Å²) in [5.41, 5.74) is 3.35. The fraction of sp³-hybridized carbons (Fsp3) is 0.242. The summed E-state index contributed by atoms with van der Waals surface area (Å²) < 4.78 is 24.2. The minimum Gasteiger partial charge on any atom is -0.508 e. The Hall–Kier alpha value is -4.17. The molecule has 0 radical (unpaired) electrons. The molecule has 0 aliphatic heterocycles. The normalized spacial score (nSPS) is 12.5. The number of ether oxygens (including phenoxy) is 4. The molecule has 208 valence electrons. The molecule has 0 aliphatic carbocycles. The Bertz CT molecular complexity index is 1300. The first kappa shape index (κ1) is 28.8. The van der Waals surface area contributed by atoms with Crippen molar-refractivity contribution < 1.29 is 34.0 Å². The summed E-state index contributed by atoms with van der Waals surface area (Å²) in [5, 5.41) is 20.0. The minimum atomic E-state index is -0.727. The first-order valence-electron chi connectivity index (χ1n) is 13.1. The molecule has 2 N–H and O–H groups in total. The molecular weight excluding hydrogens is 508 g/mol. The van der Waals surface area contributed by atoms with Crippen LogP contribution in [0.5, 0.6) is 11.5 Å². The van der Waals surface area contributed by atoms with E-state index in [4.69, 9.17) is 18.9 Å². The fourth-order valence-electron chi connectivity index (χ4n) is 4.19. The van der Waals surface area contributed by atoms with Crippen molar-refractivity contribution in [3.05, 3.63) is 131 Å². The van der Waals surface area contributed by atoms with Crippen LogP contribution in [0, 0.1) is 6.92 Å². The van der Waals surface area contributed by atoms with Crippen molar-refractivity contribution in [2.24, 2.45) is 0 Å². The zero-order valence-corrected chi connectivity index (χ0v) is 22.4. The third-order valence-electron chi connectivity index (χ3n) is 6.30. The van der Waals surface area contributed by atoms with Crippen LogP contribution < -0.4 is 0 Å². The highest BCUT2D eigenvalue weighted by Gasteiger charge is 2.27. The summed E-state index contributed by atoms with van der Waals surface area (Å²) in [7, 11) is 0. The van der Waals surface area contributed by atoms with E-state index in [2.05, 4.69) is 0 Å². The van der Waals surface area contributed by atoms with E-state index in [1.807, 2.05) is 91.0 Å². The molecule has 0 aliphatic rings. The van der Waals surface area contributed by atoms with Gasteiger partial charge in [-0.1, -0.05) is 91.0 Å². The molecule has 0 amide bonds. The molecule has 2 atom stereocenters. The summed E-state index contributed by atoms with van der Waals surface area (Å²) in [4.78, 5) is 13.0. The van der Waals surface area contributed by atoms with Crippen molar-refractivity contribution in [2.75, 3.05) is 13.2 Å². The lowest BCUT2D eigenvalue weighted by Crippen LogP contribution is -2.39.